The van der Waals surface area contributed by atoms with Crippen molar-refractivity contribution in [2.45, 2.75) is 64.1 Å². The summed E-state index contributed by atoms with van der Waals surface area (Å²) in [5, 5.41) is 17.0. The van der Waals surface area contributed by atoms with Crippen LogP contribution in [-0.4, -0.2) is 73.9 Å². The molecule has 0 saturated carbocycles. The summed E-state index contributed by atoms with van der Waals surface area (Å²) >= 11 is 5.67. The molecular weight excluding hydrogens is 554 g/mol. The summed E-state index contributed by atoms with van der Waals surface area (Å²) in [6.07, 6.45) is -1.02. The lowest BCUT2D eigenvalue weighted by atomic mass is 9.85. The average molecular weight is 596 g/mol. The quantitative estimate of drug-likeness (QED) is 0.288. The van der Waals surface area contributed by atoms with Crippen LogP contribution in [-0.2, 0) is 26.0 Å². The lowest BCUT2D eigenvalue weighted by Gasteiger charge is -2.34. The van der Waals surface area contributed by atoms with E-state index in [-0.39, 0.29) is 36.2 Å². The van der Waals surface area contributed by atoms with Crippen molar-refractivity contribution in [2.24, 2.45) is 11.3 Å². The second-order valence-corrected chi connectivity index (χ2v) is 13.5. The zero-order chi connectivity index (χ0) is 30.1. The van der Waals surface area contributed by atoms with E-state index in [1.165, 1.54) is 23.5 Å². The van der Waals surface area contributed by atoms with Crippen molar-refractivity contribution in [3.05, 3.63) is 60.2 Å². The topological polar surface area (TPSA) is 125 Å². The second-order valence-electron chi connectivity index (χ2n) is 11.3. The number of benzene rings is 2. The highest BCUT2D eigenvalue weighted by atomic mass is 35.5. The maximum atomic E-state index is 13.6. The van der Waals surface area contributed by atoms with Gasteiger partial charge in [-0.05, 0) is 47.6 Å². The van der Waals surface area contributed by atoms with Crippen LogP contribution < -0.4 is 15.4 Å². The van der Waals surface area contributed by atoms with E-state index >= 15 is 0 Å². The molecule has 2 rings (SSSR count). The Morgan fingerprint density at radius 2 is 1.60 bits per heavy atom. The number of carbonyl (C=O) groups is 2. The lowest BCUT2D eigenvalue weighted by Crippen LogP contribution is -2.59. The zero-order valence-electron chi connectivity index (χ0n) is 24.1. The van der Waals surface area contributed by atoms with Gasteiger partial charge in [-0.1, -0.05) is 65.0 Å². The molecule has 0 heterocycles. The molecule has 2 amide bonds. The van der Waals surface area contributed by atoms with Gasteiger partial charge in [0.15, 0.2) is 0 Å². The summed E-state index contributed by atoms with van der Waals surface area (Å²) < 4.78 is 33.6. The van der Waals surface area contributed by atoms with Crippen LogP contribution in [0.5, 0.6) is 5.75 Å². The number of aliphatic hydroxyl groups is 1. The van der Waals surface area contributed by atoms with Crippen molar-refractivity contribution < 1.29 is 27.9 Å². The van der Waals surface area contributed by atoms with Crippen LogP contribution in [0.2, 0.25) is 0 Å². The van der Waals surface area contributed by atoms with Crippen molar-refractivity contribution in [3.8, 4) is 5.75 Å². The highest BCUT2D eigenvalue weighted by Crippen LogP contribution is 2.23. The van der Waals surface area contributed by atoms with E-state index in [0.717, 1.165) is 5.56 Å². The van der Waals surface area contributed by atoms with Crippen molar-refractivity contribution in [1.82, 2.24) is 14.9 Å². The molecule has 222 valence electrons. The van der Waals surface area contributed by atoms with Gasteiger partial charge in [0.25, 0.3) is 0 Å². The van der Waals surface area contributed by atoms with Gasteiger partial charge < -0.3 is 20.5 Å². The molecule has 0 aromatic heterocycles. The summed E-state index contributed by atoms with van der Waals surface area (Å²) in [6.45, 7) is 9.10. The molecule has 0 bridgehead atoms. The Bertz CT molecular complexity index is 1200. The first-order valence-electron chi connectivity index (χ1n) is 13.2. The number of sulfonamides is 1. The summed E-state index contributed by atoms with van der Waals surface area (Å²) in [4.78, 5) is 25.6. The number of ether oxygens (including phenoxy) is 1. The van der Waals surface area contributed by atoms with Gasteiger partial charge in [0.1, 0.15) is 17.7 Å². The van der Waals surface area contributed by atoms with E-state index in [9.17, 15) is 23.1 Å². The monoisotopic (exact) mass is 595 g/mol. The minimum atomic E-state index is -3.98. The molecule has 0 saturated heterocycles. The van der Waals surface area contributed by atoms with E-state index in [1.54, 1.807) is 32.9 Å². The summed E-state index contributed by atoms with van der Waals surface area (Å²) in [6, 6.07) is 13.6. The first-order chi connectivity index (χ1) is 18.7. The summed E-state index contributed by atoms with van der Waals surface area (Å²) in [7, 11) is -2.48. The predicted molar refractivity (Wildman–Crippen MR) is 157 cm³/mol. The number of hydrogen-bond donors (Lipinski definition) is 3. The highest BCUT2D eigenvalue weighted by Gasteiger charge is 2.36. The molecule has 40 heavy (non-hydrogen) atoms. The molecular formula is C29H42ClN3O6S. The van der Waals surface area contributed by atoms with Gasteiger partial charge in [0.2, 0.25) is 21.8 Å². The molecule has 0 aliphatic carbocycles. The number of aliphatic hydroxyl groups excluding tert-OH is 1. The molecule has 3 atom stereocenters. The van der Waals surface area contributed by atoms with Gasteiger partial charge in [0.05, 0.1) is 24.2 Å². The van der Waals surface area contributed by atoms with Crippen molar-refractivity contribution in [3.63, 3.8) is 0 Å². The van der Waals surface area contributed by atoms with Crippen LogP contribution in [0.4, 0.5) is 0 Å². The van der Waals surface area contributed by atoms with Crippen LogP contribution in [0.15, 0.2) is 59.5 Å². The van der Waals surface area contributed by atoms with E-state index in [4.69, 9.17) is 16.3 Å². The highest BCUT2D eigenvalue weighted by molar-refractivity contribution is 7.89. The molecule has 2 aromatic rings. The second kappa shape index (κ2) is 14.8. The third-order valence-electron chi connectivity index (χ3n) is 6.30. The van der Waals surface area contributed by atoms with Crippen LogP contribution >= 0.6 is 11.6 Å². The Morgan fingerprint density at radius 1 is 1.00 bits per heavy atom. The molecule has 3 N–H and O–H groups in total. The fraction of sp³-hybridized carbons (Fsp3) is 0.517. The molecule has 0 fully saturated rings. The number of methoxy groups -OCH3 is 1. The van der Waals surface area contributed by atoms with Gasteiger partial charge >= 0.3 is 0 Å². The Balaban J connectivity index is 2.40. The Labute approximate surface area is 243 Å². The molecule has 0 spiro atoms. The minimum absolute atomic E-state index is 0.0292. The van der Waals surface area contributed by atoms with Gasteiger partial charge in [0, 0.05) is 13.1 Å². The summed E-state index contributed by atoms with van der Waals surface area (Å²) in [5.74, 6) is -0.804. The van der Waals surface area contributed by atoms with Crippen LogP contribution in [0.1, 0.15) is 40.2 Å². The van der Waals surface area contributed by atoms with Crippen molar-refractivity contribution >= 4 is 33.4 Å². The van der Waals surface area contributed by atoms with Crippen molar-refractivity contribution in [2.75, 3.05) is 26.1 Å². The number of amides is 2. The van der Waals surface area contributed by atoms with Crippen LogP contribution in [0.25, 0.3) is 0 Å². The number of nitrogens with zero attached hydrogens (tertiary/aromatic N) is 1. The first-order valence-corrected chi connectivity index (χ1v) is 15.2. The van der Waals surface area contributed by atoms with E-state index in [0.29, 0.717) is 5.75 Å². The zero-order valence-corrected chi connectivity index (χ0v) is 25.6. The maximum absolute atomic E-state index is 13.6. The van der Waals surface area contributed by atoms with E-state index in [1.807, 2.05) is 44.2 Å². The smallest absolute Gasteiger partial charge is 0.243 e. The number of rotatable bonds is 14. The number of nitrogens with one attached hydrogen (secondary N) is 2. The molecule has 0 aliphatic heterocycles. The standard InChI is InChI=1S/C29H42ClN3O6S/c1-20(2)18-33(40(37,38)23-14-12-22(39-6)13-15-23)19-25(34)24(16-21-10-8-7-9-11-21)31-28(36)27(29(3,4)5)32-26(35)17-30/h7-15,20,24-25,27,34H,16-19H2,1-6H3,(H,31,36)(H,32,35)/t24?,25-,27-/m1/s1. The fourth-order valence-electron chi connectivity index (χ4n) is 4.20. The van der Waals surface area contributed by atoms with Crippen molar-refractivity contribution in [1.29, 1.82) is 0 Å². The molecule has 0 aliphatic rings. The number of carbonyl (C=O) groups excluding carboxylic acids is 2. The molecule has 0 radical (unpaired) electrons. The normalized spacial score (nSPS) is 14.4. The van der Waals surface area contributed by atoms with Gasteiger partial charge in [-0.3, -0.25) is 9.59 Å². The van der Waals surface area contributed by atoms with E-state index < -0.39 is 45.4 Å². The number of hydrogen-bond acceptors (Lipinski definition) is 6. The van der Waals surface area contributed by atoms with Gasteiger partial charge in [-0.15, -0.1) is 11.6 Å². The Morgan fingerprint density at radius 3 is 2.10 bits per heavy atom. The van der Waals surface area contributed by atoms with Gasteiger partial charge in [-0.25, -0.2) is 8.42 Å². The first kappa shape index (κ1) is 33.5. The maximum Gasteiger partial charge on any atom is 0.243 e. The Kier molecular flexibility index (Phi) is 12.4. The van der Waals surface area contributed by atoms with Gasteiger partial charge in [-0.2, -0.15) is 4.31 Å². The third kappa shape index (κ3) is 9.76. The fourth-order valence-corrected chi connectivity index (χ4v) is 5.90. The minimum Gasteiger partial charge on any atom is -0.497 e. The Hall–Kier alpha value is -2.66. The summed E-state index contributed by atoms with van der Waals surface area (Å²) in [5.41, 5.74) is 0.187. The largest absolute Gasteiger partial charge is 0.497 e. The molecule has 1 unspecified atom stereocenters. The lowest BCUT2D eigenvalue weighted by molar-refractivity contribution is -0.131. The SMILES string of the molecule is COc1ccc(S(=O)(=O)N(CC(C)C)C[C@@H](O)C(Cc2ccccc2)NC(=O)[C@@H](NC(=O)CCl)C(C)(C)C)cc1. The number of halogens is 1. The molecule has 2 aromatic carbocycles. The van der Waals surface area contributed by atoms with Crippen LogP contribution in [0, 0.1) is 11.3 Å². The van der Waals surface area contributed by atoms with E-state index in [2.05, 4.69) is 10.6 Å². The third-order valence-corrected chi connectivity index (χ3v) is 8.39. The van der Waals surface area contributed by atoms with Crippen LogP contribution in [0.3, 0.4) is 0 Å². The molecule has 11 heteroatoms. The predicted octanol–water partition coefficient (Wildman–Crippen LogP) is 3.20. The number of alkyl halides is 1. The average Bonchev–Trinajstić information content (AvgIpc) is 2.90. The molecule has 9 nitrogen and oxygen atoms in total.